The number of carbonyl (C=O) groups excluding carboxylic acids is 1. The zero-order valence-electron chi connectivity index (χ0n) is 14.5. The van der Waals surface area contributed by atoms with Crippen LogP contribution in [0.1, 0.15) is 6.92 Å². The lowest BCUT2D eigenvalue weighted by atomic mass is 10.2. The smallest absolute Gasteiger partial charge is 0.387 e. The molecule has 0 heterocycles. The van der Waals surface area contributed by atoms with Crippen LogP contribution in [0, 0.1) is 0 Å². The molecule has 0 fully saturated rings. The standard InChI is InChI=1S/C17H18F2N2O5S/c1-11(21-27(23,24)15-9-7-13(25-2)8-10-15)16(22)20-12-3-5-14(6-4-12)26-17(18)19/h3-11,17,21H,1-2H3,(H,20,22)/t11-/m0/s1. The second-order valence-corrected chi connectivity index (χ2v) is 7.12. The molecular formula is C17H18F2N2O5S. The fourth-order valence-electron chi connectivity index (χ4n) is 2.08. The molecule has 2 aromatic rings. The van der Waals surface area contributed by atoms with Crippen LogP contribution in [0.4, 0.5) is 14.5 Å². The Morgan fingerprint density at radius 1 is 1.00 bits per heavy atom. The highest BCUT2D eigenvalue weighted by molar-refractivity contribution is 7.89. The van der Waals surface area contributed by atoms with E-state index < -0.39 is 28.6 Å². The maximum atomic E-state index is 12.3. The Morgan fingerprint density at radius 3 is 2.07 bits per heavy atom. The van der Waals surface area contributed by atoms with Crippen molar-refractivity contribution in [3.05, 3.63) is 48.5 Å². The van der Waals surface area contributed by atoms with Gasteiger partial charge in [-0.15, -0.1) is 0 Å². The molecule has 2 aromatic carbocycles. The van der Waals surface area contributed by atoms with Gasteiger partial charge in [-0.2, -0.15) is 13.5 Å². The number of carbonyl (C=O) groups is 1. The number of amides is 1. The quantitative estimate of drug-likeness (QED) is 0.711. The van der Waals surface area contributed by atoms with Gasteiger partial charge in [0.1, 0.15) is 11.5 Å². The normalized spacial score (nSPS) is 12.5. The van der Waals surface area contributed by atoms with Crippen molar-refractivity contribution in [1.29, 1.82) is 0 Å². The molecule has 27 heavy (non-hydrogen) atoms. The highest BCUT2D eigenvalue weighted by Gasteiger charge is 2.22. The predicted molar refractivity (Wildman–Crippen MR) is 94.5 cm³/mol. The van der Waals surface area contributed by atoms with E-state index in [9.17, 15) is 22.0 Å². The molecule has 1 amide bonds. The first-order chi connectivity index (χ1) is 12.7. The minimum Gasteiger partial charge on any atom is -0.497 e. The first-order valence-electron chi connectivity index (χ1n) is 7.73. The fourth-order valence-corrected chi connectivity index (χ4v) is 3.28. The third-order valence-electron chi connectivity index (χ3n) is 3.44. The number of rotatable bonds is 8. The number of benzene rings is 2. The van der Waals surface area contributed by atoms with Crippen LogP contribution >= 0.6 is 0 Å². The van der Waals surface area contributed by atoms with E-state index in [1.165, 1.54) is 62.6 Å². The molecule has 10 heteroatoms. The van der Waals surface area contributed by atoms with Crippen LogP contribution in [-0.2, 0) is 14.8 Å². The number of hydrogen-bond donors (Lipinski definition) is 2. The van der Waals surface area contributed by atoms with Crippen molar-refractivity contribution in [2.45, 2.75) is 24.5 Å². The summed E-state index contributed by atoms with van der Waals surface area (Å²) in [6.45, 7) is -1.57. The molecule has 146 valence electrons. The lowest BCUT2D eigenvalue weighted by Gasteiger charge is -2.15. The Kier molecular flexibility index (Phi) is 6.70. The number of ether oxygens (including phenoxy) is 2. The van der Waals surface area contributed by atoms with E-state index in [1.54, 1.807) is 0 Å². The fraction of sp³-hybridized carbons (Fsp3) is 0.235. The Labute approximate surface area is 155 Å². The second-order valence-electron chi connectivity index (χ2n) is 5.41. The summed E-state index contributed by atoms with van der Waals surface area (Å²) in [5.74, 6) is -0.176. The van der Waals surface area contributed by atoms with Gasteiger partial charge in [-0.1, -0.05) is 0 Å². The van der Waals surface area contributed by atoms with Gasteiger partial charge in [-0.3, -0.25) is 4.79 Å². The summed E-state index contributed by atoms with van der Waals surface area (Å²) >= 11 is 0. The first-order valence-corrected chi connectivity index (χ1v) is 9.21. The van der Waals surface area contributed by atoms with Crippen molar-refractivity contribution < 1.29 is 31.5 Å². The first kappa shape index (κ1) is 20.6. The Balaban J connectivity index is 1.99. The SMILES string of the molecule is COc1ccc(S(=O)(=O)N[C@@H](C)C(=O)Nc2ccc(OC(F)F)cc2)cc1. The van der Waals surface area contributed by atoms with Crippen LogP contribution in [0.15, 0.2) is 53.4 Å². The van der Waals surface area contributed by atoms with E-state index in [2.05, 4.69) is 14.8 Å². The molecular weight excluding hydrogens is 382 g/mol. The molecule has 0 spiro atoms. The highest BCUT2D eigenvalue weighted by atomic mass is 32.2. The van der Waals surface area contributed by atoms with Gasteiger partial charge in [0.05, 0.1) is 18.0 Å². The average Bonchev–Trinajstić information content (AvgIpc) is 2.62. The van der Waals surface area contributed by atoms with Crippen LogP contribution in [-0.4, -0.2) is 34.1 Å². The van der Waals surface area contributed by atoms with Crippen LogP contribution in [0.25, 0.3) is 0 Å². The zero-order chi connectivity index (χ0) is 20.0. The molecule has 1 atom stereocenters. The summed E-state index contributed by atoms with van der Waals surface area (Å²) in [6, 6.07) is 9.85. The molecule has 2 rings (SSSR count). The second kappa shape index (κ2) is 8.78. The van der Waals surface area contributed by atoms with Gasteiger partial charge < -0.3 is 14.8 Å². The van der Waals surface area contributed by atoms with Gasteiger partial charge >= 0.3 is 6.61 Å². The molecule has 0 saturated heterocycles. The number of halogens is 2. The van der Waals surface area contributed by atoms with Crippen molar-refractivity contribution in [3.63, 3.8) is 0 Å². The monoisotopic (exact) mass is 400 g/mol. The third kappa shape index (κ3) is 5.90. The molecule has 0 bridgehead atoms. The van der Waals surface area contributed by atoms with Crippen molar-refractivity contribution in [3.8, 4) is 11.5 Å². The van der Waals surface area contributed by atoms with Crippen LogP contribution in [0.5, 0.6) is 11.5 Å². The molecule has 0 saturated carbocycles. The topological polar surface area (TPSA) is 93.7 Å². The molecule has 0 unspecified atom stereocenters. The number of nitrogens with one attached hydrogen (secondary N) is 2. The van der Waals surface area contributed by atoms with E-state index >= 15 is 0 Å². The lowest BCUT2D eigenvalue weighted by Crippen LogP contribution is -2.41. The molecule has 0 aromatic heterocycles. The average molecular weight is 400 g/mol. The number of sulfonamides is 1. The van der Waals surface area contributed by atoms with Crippen molar-refractivity contribution in [1.82, 2.24) is 4.72 Å². The van der Waals surface area contributed by atoms with Gasteiger partial charge in [0.15, 0.2) is 0 Å². The van der Waals surface area contributed by atoms with E-state index in [1.807, 2.05) is 0 Å². The van der Waals surface area contributed by atoms with Gasteiger partial charge in [-0.25, -0.2) is 8.42 Å². The van der Waals surface area contributed by atoms with Gasteiger partial charge in [0.2, 0.25) is 15.9 Å². The maximum absolute atomic E-state index is 12.3. The van der Waals surface area contributed by atoms with Crippen LogP contribution in [0.3, 0.4) is 0 Å². The molecule has 0 aliphatic heterocycles. The summed E-state index contributed by atoms with van der Waals surface area (Å²) in [7, 11) is -2.45. The maximum Gasteiger partial charge on any atom is 0.387 e. The van der Waals surface area contributed by atoms with Gasteiger partial charge in [0.25, 0.3) is 0 Å². The number of methoxy groups -OCH3 is 1. The molecule has 7 nitrogen and oxygen atoms in total. The Bertz CT molecular complexity index is 871. The largest absolute Gasteiger partial charge is 0.497 e. The molecule has 2 N–H and O–H groups in total. The number of alkyl halides is 2. The highest BCUT2D eigenvalue weighted by Crippen LogP contribution is 2.18. The minimum absolute atomic E-state index is 0.0172. The lowest BCUT2D eigenvalue weighted by molar-refractivity contribution is -0.117. The summed E-state index contributed by atoms with van der Waals surface area (Å²) in [4.78, 5) is 12.2. The number of anilines is 1. The van der Waals surface area contributed by atoms with E-state index in [0.717, 1.165) is 0 Å². The van der Waals surface area contributed by atoms with Crippen molar-refractivity contribution >= 4 is 21.6 Å². The molecule has 0 aliphatic carbocycles. The van der Waals surface area contributed by atoms with Gasteiger partial charge in [-0.05, 0) is 55.5 Å². The Morgan fingerprint density at radius 2 is 1.56 bits per heavy atom. The van der Waals surface area contributed by atoms with E-state index in [-0.39, 0.29) is 10.6 Å². The van der Waals surface area contributed by atoms with Crippen LogP contribution in [0.2, 0.25) is 0 Å². The Hall–Kier alpha value is -2.72. The summed E-state index contributed by atoms with van der Waals surface area (Å²) in [6.07, 6.45) is 0. The van der Waals surface area contributed by atoms with E-state index in [4.69, 9.17) is 4.74 Å². The summed E-state index contributed by atoms with van der Waals surface area (Å²) in [5, 5.41) is 2.49. The summed E-state index contributed by atoms with van der Waals surface area (Å²) < 4.78 is 60.3. The van der Waals surface area contributed by atoms with Gasteiger partial charge in [0, 0.05) is 5.69 Å². The molecule has 0 aliphatic rings. The predicted octanol–water partition coefficient (Wildman–Crippen LogP) is 2.60. The van der Waals surface area contributed by atoms with Crippen LogP contribution < -0.4 is 19.5 Å². The molecule has 0 radical (unpaired) electrons. The minimum atomic E-state index is -3.91. The van der Waals surface area contributed by atoms with Crippen molar-refractivity contribution in [2.75, 3.05) is 12.4 Å². The summed E-state index contributed by atoms with van der Waals surface area (Å²) in [5.41, 5.74) is 0.303. The number of hydrogen-bond acceptors (Lipinski definition) is 5. The third-order valence-corrected chi connectivity index (χ3v) is 5.00. The zero-order valence-corrected chi connectivity index (χ0v) is 15.3. The van der Waals surface area contributed by atoms with Crippen molar-refractivity contribution in [2.24, 2.45) is 0 Å². The van der Waals surface area contributed by atoms with E-state index in [0.29, 0.717) is 11.4 Å².